The summed E-state index contributed by atoms with van der Waals surface area (Å²) < 4.78 is 6.56. The molecule has 0 saturated carbocycles. The lowest BCUT2D eigenvalue weighted by molar-refractivity contribution is -0.0459. The summed E-state index contributed by atoms with van der Waals surface area (Å²) in [5.41, 5.74) is -0.844. The lowest BCUT2D eigenvalue weighted by atomic mass is 10.2. The Kier molecular flexibility index (Phi) is 4.35. The van der Waals surface area contributed by atoms with E-state index in [4.69, 9.17) is 9.84 Å². The van der Waals surface area contributed by atoms with Crippen LogP contribution in [0.15, 0.2) is 20.8 Å². The molecule has 3 atom stereocenters. The normalized spacial score (nSPS) is 27.2. The van der Waals surface area contributed by atoms with Crippen LogP contribution in [0.1, 0.15) is 18.2 Å². The largest absolute Gasteiger partial charge is 0.394 e. The quantitative estimate of drug-likeness (QED) is 0.695. The Labute approximate surface area is 116 Å². The van der Waals surface area contributed by atoms with Gasteiger partial charge in [0, 0.05) is 12.6 Å². The minimum atomic E-state index is -0.844. The summed E-state index contributed by atoms with van der Waals surface area (Å²) in [6.07, 6.45) is 0.746. The molecule has 0 amide bonds. The average Bonchev–Trinajstić information content (AvgIpc) is 2.74. The van der Waals surface area contributed by atoms with E-state index in [1.807, 2.05) is 0 Å². The molecule has 104 valence electrons. The summed E-state index contributed by atoms with van der Waals surface area (Å²) in [4.78, 5) is 26.9. The number of hydrogen-bond donors (Lipinski definition) is 3. The Bertz CT molecular complexity index is 593. The molecule has 19 heavy (non-hydrogen) atoms. The summed E-state index contributed by atoms with van der Waals surface area (Å²) in [5.74, 6) is 0. The zero-order valence-corrected chi connectivity index (χ0v) is 11.4. The number of aliphatic hydroxyl groups excluding tert-OH is 2. The van der Waals surface area contributed by atoms with Crippen LogP contribution < -0.4 is 11.2 Å². The fourth-order valence-corrected chi connectivity index (χ4v) is 2.24. The first kappa shape index (κ1) is 14.2. The van der Waals surface area contributed by atoms with Gasteiger partial charge in [0.1, 0.15) is 12.3 Å². The van der Waals surface area contributed by atoms with Crippen molar-refractivity contribution in [1.29, 1.82) is 0 Å². The first-order chi connectivity index (χ1) is 9.06. The molecule has 0 unspecified atom stereocenters. The Hall–Kier alpha value is -1.22. The molecule has 1 fully saturated rings. The second-order valence-corrected chi connectivity index (χ2v) is 4.69. The Morgan fingerprint density at radius 2 is 2.32 bits per heavy atom. The Balaban J connectivity index is 2.38. The van der Waals surface area contributed by atoms with Crippen molar-refractivity contribution < 1.29 is 14.9 Å². The van der Waals surface area contributed by atoms with Crippen molar-refractivity contribution >= 4 is 22.0 Å². The molecule has 1 saturated heterocycles. The van der Waals surface area contributed by atoms with Crippen LogP contribution in [0.25, 0.3) is 6.08 Å². The van der Waals surface area contributed by atoms with Crippen molar-refractivity contribution in [3.8, 4) is 0 Å². The van der Waals surface area contributed by atoms with E-state index in [1.165, 1.54) is 21.8 Å². The third-order valence-corrected chi connectivity index (χ3v) is 3.20. The smallest absolute Gasteiger partial charge is 0.330 e. The Morgan fingerprint density at radius 3 is 2.89 bits per heavy atom. The van der Waals surface area contributed by atoms with Gasteiger partial charge in [0.2, 0.25) is 0 Å². The maximum atomic E-state index is 11.7. The number of ether oxygens (including phenoxy) is 1. The van der Waals surface area contributed by atoms with E-state index in [1.54, 1.807) is 0 Å². The number of aliphatic hydroxyl groups is 2. The summed E-state index contributed by atoms with van der Waals surface area (Å²) in [5, 5.41) is 18.7. The van der Waals surface area contributed by atoms with Crippen molar-refractivity contribution in [3.63, 3.8) is 0 Å². The first-order valence-electron chi connectivity index (χ1n) is 5.63. The van der Waals surface area contributed by atoms with Gasteiger partial charge < -0.3 is 14.9 Å². The fraction of sp³-hybridized carbons (Fsp3) is 0.455. The van der Waals surface area contributed by atoms with Crippen molar-refractivity contribution in [1.82, 2.24) is 9.55 Å². The molecule has 0 radical (unpaired) electrons. The maximum Gasteiger partial charge on any atom is 0.330 e. The van der Waals surface area contributed by atoms with Gasteiger partial charge >= 0.3 is 5.69 Å². The molecule has 2 rings (SSSR count). The van der Waals surface area contributed by atoms with E-state index in [9.17, 15) is 14.7 Å². The second-order valence-electron chi connectivity index (χ2n) is 4.16. The number of halogens is 1. The van der Waals surface area contributed by atoms with Gasteiger partial charge in [-0.05, 0) is 11.1 Å². The molecular weight excluding hydrogens is 320 g/mol. The van der Waals surface area contributed by atoms with E-state index in [2.05, 4.69) is 20.9 Å². The van der Waals surface area contributed by atoms with Crippen LogP contribution in [-0.4, -0.2) is 38.6 Å². The number of aromatic nitrogens is 2. The number of rotatable bonds is 3. The van der Waals surface area contributed by atoms with Crippen molar-refractivity contribution in [3.05, 3.63) is 37.6 Å². The van der Waals surface area contributed by atoms with E-state index < -0.39 is 29.7 Å². The molecule has 1 aromatic heterocycles. The molecule has 0 aliphatic carbocycles. The molecule has 7 nitrogen and oxygen atoms in total. The third-order valence-electron chi connectivity index (χ3n) is 2.93. The molecule has 0 aromatic carbocycles. The van der Waals surface area contributed by atoms with Crippen LogP contribution >= 0.6 is 15.9 Å². The second kappa shape index (κ2) is 5.83. The van der Waals surface area contributed by atoms with Gasteiger partial charge in [0.15, 0.2) is 0 Å². The molecule has 1 aliphatic rings. The number of hydrogen-bond acceptors (Lipinski definition) is 5. The highest BCUT2D eigenvalue weighted by Gasteiger charge is 2.35. The lowest BCUT2D eigenvalue weighted by Gasteiger charge is -2.14. The maximum absolute atomic E-state index is 11.7. The van der Waals surface area contributed by atoms with Crippen LogP contribution in [0.4, 0.5) is 0 Å². The number of H-pyrrole nitrogens is 1. The number of nitrogens with one attached hydrogen (secondary N) is 1. The highest BCUT2D eigenvalue weighted by molar-refractivity contribution is 9.11. The van der Waals surface area contributed by atoms with Crippen molar-refractivity contribution in [2.24, 2.45) is 0 Å². The van der Waals surface area contributed by atoms with Gasteiger partial charge in [-0.15, -0.1) is 0 Å². The van der Waals surface area contributed by atoms with E-state index in [0.29, 0.717) is 0 Å². The molecule has 1 aliphatic heterocycles. The molecule has 0 bridgehead atoms. The van der Waals surface area contributed by atoms with Crippen LogP contribution in [0, 0.1) is 0 Å². The first-order valence-corrected chi connectivity index (χ1v) is 6.55. The van der Waals surface area contributed by atoms with Gasteiger partial charge in [0.05, 0.1) is 18.3 Å². The highest BCUT2D eigenvalue weighted by atomic mass is 79.9. The minimum Gasteiger partial charge on any atom is -0.394 e. The summed E-state index contributed by atoms with van der Waals surface area (Å²) in [6, 6.07) is 0. The summed E-state index contributed by atoms with van der Waals surface area (Å²) >= 11 is 3.05. The molecule has 1 aromatic rings. The monoisotopic (exact) mass is 332 g/mol. The van der Waals surface area contributed by atoms with Crippen LogP contribution in [0.3, 0.4) is 0 Å². The van der Waals surface area contributed by atoms with Gasteiger partial charge in [-0.3, -0.25) is 14.3 Å². The van der Waals surface area contributed by atoms with Crippen LogP contribution in [0.5, 0.6) is 0 Å². The molecule has 8 heteroatoms. The van der Waals surface area contributed by atoms with Crippen molar-refractivity contribution in [2.75, 3.05) is 6.61 Å². The van der Waals surface area contributed by atoms with Gasteiger partial charge in [0.25, 0.3) is 5.56 Å². The third kappa shape index (κ3) is 2.86. The summed E-state index contributed by atoms with van der Waals surface area (Å²) in [7, 11) is 0. The lowest BCUT2D eigenvalue weighted by Crippen LogP contribution is -2.33. The van der Waals surface area contributed by atoms with Crippen LogP contribution in [-0.2, 0) is 4.74 Å². The predicted molar refractivity (Wildman–Crippen MR) is 70.9 cm³/mol. The number of aromatic amines is 1. The van der Waals surface area contributed by atoms with E-state index >= 15 is 0 Å². The standard InChI is InChI=1S/C11H13BrN2O5/c12-2-1-6-4-14(11(18)13-10(6)17)9-3-7(16)8(5-15)19-9/h1-2,4,7-9,15-16H,3,5H2,(H,13,17,18)/t7-,8-,9+/m0/s1. The molecule has 3 N–H and O–H groups in total. The highest BCUT2D eigenvalue weighted by Crippen LogP contribution is 2.27. The van der Waals surface area contributed by atoms with E-state index in [0.717, 1.165) is 0 Å². The molecule has 2 heterocycles. The average molecular weight is 333 g/mol. The molecule has 0 spiro atoms. The van der Waals surface area contributed by atoms with E-state index in [-0.39, 0.29) is 18.6 Å². The van der Waals surface area contributed by atoms with Crippen molar-refractivity contribution in [2.45, 2.75) is 24.9 Å². The Morgan fingerprint density at radius 1 is 1.58 bits per heavy atom. The SMILES string of the molecule is O=c1[nH]c(=O)n([C@H]2C[C@H](O)[C@H](CO)O2)cc1C=CBr. The fourth-order valence-electron chi connectivity index (χ4n) is 1.95. The zero-order chi connectivity index (χ0) is 14.0. The van der Waals surface area contributed by atoms with Crippen LogP contribution in [0.2, 0.25) is 0 Å². The topological polar surface area (TPSA) is 105 Å². The predicted octanol–water partition coefficient (Wildman–Crippen LogP) is -0.457. The van der Waals surface area contributed by atoms with Gasteiger partial charge in [-0.2, -0.15) is 0 Å². The zero-order valence-electron chi connectivity index (χ0n) is 9.82. The summed E-state index contributed by atoms with van der Waals surface area (Å²) in [6.45, 7) is -0.329. The number of nitrogens with zero attached hydrogens (tertiary/aromatic N) is 1. The van der Waals surface area contributed by atoms with Gasteiger partial charge in [-0.25, -0.2) is 4.79 Å². The van der Waals surface area contributed by atoms with Gasteiger partial charge in [-0.1, -0.05) is 15.9 Å². The molecular formula is C11H13BrN2O5. The minimum absolute atomic E-state index is 0.175.